The van der Waals surface area contributed by atoms with E-state index in [4.69, 9.17) is 9.47 Å². The van der Waals surface area contributed by atoms with Crippen LogP contribution < -0.4 is 5.32 Å². The van der Waals surface area contributed by atoms with Crippen molar-refractivity contribution in [3.8, 4) is 0 Å². The lowest BCUT2D eigenvalue weighted by molar-refractivity contribution is 0.0139. The fraction of sp³-hybridized carbons (Fsp3) is 1.00. The summed E-state index contributed by atoms with van der Waals surface area (Å²) >= 11 is 0. The molecule has 1 heterocycles. The molecule has 1 rings (SSSR count). The average molecular weight is 201 g/mol. The SMILES string of the molecule is CC(C)OCC1CC(OC(C)C)CN1. The first-order chi connectivity index (χ1) is 6.58. The van der Waals surface area contributed by atoms with Crippen molar-refractivity contribution in [3.05, 3.63) is 0 Å². The monoisotopic (exact) mass is 201 g/mol. The van der Waals surface area contributed by atoms with Crippen LogP contribution in [0.1, 0.15) is 34.1 Å². The molecule has 3 nitrogen and oxygen atoms in total. The van der Waals surface area contributed by atoms with E-state index in [1.807, 2.05) is 0 Å². The Morgan fingerprint density at radius 2 is 1.93 bits per heavy atom. The number of hydrogen-bond donors (Lipinski definition) is 1. The van der Waals surface area contributed by atoms with Crippen LogP contribution in [0.25, 0.3) is 0 Å². The highest BCUT2D eigenvalue weighted by Gasteiger charge is 2.25. The molecule has 1 N–H and O–H groups in total. The maximum absolute atomic E-state index is 5.73. The van der Waals surface area contributed by atoms with Crippen molar-refractivity contribution in [3.63, 3.8) is 0 Å². The lowest BCUT2D eigenvalue weighted by Crippen LogP contribution is -2.28. The van der Waals surface area contributed by atoms with Crippen molar-refractivity contribution in [1.29, 1.82) is 0 Å². The summed E-state index contributed by atoms with van der Waals surface area (Å²) in [5.41, 5.74) is 0. The summed E-state index contributed by atoms with van der Waals surface area (Å²) in [6.07, 6.45) is 2.09. The molecule has 0 aromatic carbocycles. The van der Waals surface area contributed by atoms with E-state index in [1.165, 1.54) is 0 Å². The fourth-order valence-corrected chi connectivity index (χ4v) is 1.71. The molecule has 0 aromatic heterocycles. The molecule has 2 atom stereocenters. The number of ether oxygens (including phenoxy) is 2. The normalized spacial score (nSPS) is 27.9. The molecule has 0 spiro atoms. The van der Waals surface area contributed by atoms with Crippen molar-refractivity contribution in [2.45, 2.75) is 58.5 Å². The van der Waals surface area contributed by atoms with Crippen LogP contribution in [-0.2, 0) is 9.47 Å². The van der Waals surface area contributed by atoms with Gasteiger partial charge in [0, 0.05) is 12.6 Å². The largest absolute Gasteiger partial charge is 0.377 e. The molecule has 0 bridgehead atoms. The van der Waals surface area contributed by atoms with Gasteiger partial charge in [-0.1, -0.05) is 0 Å². The zero-order chi connectivity index (χ0) is 10.6. The van der Waals surface area contributed by atoms with Crippen molar-refractivity contribution in [2.75, 3.05) is 13.2 Å². The molecule has 0 saturated carbocycles. The predicted molar refractivity (Wildman–Crippen MR) is 57.5 cm³/mol. The summed E-state index contributed by atoms with van der Waals surface area (Å²) in [4.78, 5) is 0. The highest BCUT2D eigenvalue weighted by Crippen LogP contribution is 2.13. The maximum atomic E-state index is 5.73. The second-order valence-corrected chi connectivity index (χ2v) is 4.53. The Hall–Kier alpha value is -0.120. The van der Waals surface area contributed by atoms with Gasteiger partial charge < -0.3 is 14.8 Å². The number of hydrogen-bond acceptors (Lipinski definition) is 3. The van der Waals surface area contributed by atoms with Crippen LogP contribution in [0.5, 0.6) is 0 Å². The Balaban J connectivity index is 2.14. The second kappa shape index (κ2) is 5.69. The average Bonchev–Trinajstić information content (AvgIpc) is 2.47. The molecule has 2 unspecified atom stereocenters. The third-order valence-electron chi connectivity index (χ3n) is 2.28. The minimum atomic E-state index is 0.321. The van der Waals surface area contributed by atoms with Crippen molar-refractivity contribution in [2.24, 2.45) is 0 Å². The molecule has 0 radical (unpaired) electrons. The van der Waals surface area contributed by atoms with E-state index in [1.54, 1.807) is 0 Å². The molecule has 3 heteroatoms. The third-order valence-corrected chi connectivity index (χ3v) is 2.28. The van der Waals surface area contributed by atoms with E-state index in [2.05, 4.69) is 33.0 Å². The maximum Gasteiger partial charge on any atom is 0.0718 e. The zero-order valence-electron chi connectivity index (χ0n) is 9.75. The van der Waals surface area contributed by atoms with Gasteiger partial charge in [-0.05, 0) is 34.1 Å². The first-order valence-corrected chi connectivity index (χ1v) is 5.58. The minimum absolute atomic E-state index is 0.321. The highest BCUT2D eigenvalue weighted by atomic mass is 16.5. The molecule has 1 aliphatic heterocycles. The summed E-state index contributed by atoms with van der Waals surface area (Å²) in [6, 6.07) is 0.473. The molecule has 14 heavy (non-hydrogen) atoms. The minimum Gasteiger partial charge on any atom is -0.377 e. The van der Waals surface area contributed by atoms with Crippen molar-refractivity contribution in [1.82, 2.24) is 5.32 Å². The van der Waals surface area contributed by atoms with Crippen LogP contribution in [0, 0.1) is 0 Å². The van der Waals surface area contributed by atoms with E-state index in [9.17, 15) is 0 Å². The van der Waals surface area contributed by atoms with Gasteiger partial charge in [0.15, 0.2) is 0 Å². The fourth-order valence-electron chi connectivity index (χ4n) is 1.71. The molecule has 1 aliphatic rings. The smallest absolute Gasteiger partial charge is 0.0718 e. The van der Waals surface area contributed by atoms with Gasteiger partial charge >= 0.3 is 0 Å². The van der Waals surface area contributed by atoms with Gasteiger partial charge in [-0.15, -0.1) is 0 Å². The Morgan fingerprint density at radius 3 is 2.50 bits per heavy atom. The molecular weight excluding hydrogens is 178 g/mol. The van der Waals surface area contributed by atoms with Crippen molar-refractivity contribution >= 4 is 0 Å². The van der Waals surface area contributed by atoms with Crippen LogP contribution in [0.15, 0.2) is 0 Å². The van der Waals surface area contributed by atoms with E-state index in [0.717, 1.165) is 19.6 Å². The predicted octanol–water partition coefficient (Wildman–Crippen LogP) is 1.57. The summed E-state index contributed by atoms with van der Waals surface area (Å²) in [6.45, 7) is 10.1. The molecule has 0 aliphatic carbocycles. The molecule has 1 saturated heterocycles. The van der Waals surface area contributed by atoms with Gasteiger partial charge in [-0.25, -0.2) is 0 Å². The number of nitrogens with one attached hydrogen (secondary N) is 1. The lowest BCUT2D eigenvalue weighted by Gasteiger charge is -2.15. The van der Waals surface area contributed by atoms with Gasteiger partial charge in [-0.3, -0.25) is 0 Å². The molecular formula is C11H23NO2. The molecule has 1 fully saturated rings. The summed E-state index contributed by atoms with van der Waals surface area (Å²) in [5, 5.41) is 3.42. The Morgan fingerprint density at radius 1 is 1.21 bits per heavy atom. The summed E-state index contributed by atoms with van der Waals surface area (Å²) in [5.74, 6) is 0. The molecule has 0 aromatic rings. The summed E-state index contributed by atoms with van der Waals surface area (Å²) < 4.78 is 11.3. The molecule has 84 valence electrons. The summed E-state index contributed by atoms with van der Waals surface area (Å²) in [7, 11) is 0. The van der Waals surface area contributed by atoms with Crippen molar-refractivity contribution < 1.29 is 9.47 Å². The van der Waals surface area contributed by atoms with E-state index in [-0.39, 0.29) is 0 Å². The number of rotatable bonds is 5. The zero-order valence-corrected chi connectivity index (χ0v) is 9.75. The molecule has 0 amide bonds. The quantitative estimate of drug-likeness (QED) is 0.732. The van der Waals surface area contributed by atoms with Crippen LogP contribution in [0.4, 0.5) is 0 Å². The van der Waals surface area contributed by atoms with Crippen LogP contribution in [-0.4, -0.2) is 37.5 Å². The Labute approximate surface area is 87.2 Å². The van der Waals surface area contributed by atoms with Crippen LogP contribution >= 0.6 is 0 Å². The van der Waals surface area contributed by atoms with Gasteiger partial charge in [0.05, 0.1) is 24.9 Å². The first kappa shape index (κ1) is 12.0. The topological polar surface area (TPSA) is 30.5 Å². The standard InChI is InChI=1S/C11H23NO2/c1-8(2)13-7-10-5-11(6-12-10)14-9(3)4/h8-12H,5-7H2,1-4H3. The van der Waals surface area contributed by atoms with Crippen LogP contribution in [0.2, 0.25) is 0 Å². The van der Waals surface area contributed by atoms with E-state index < -0.39 is 0 Å². The highest BCUT2D eigenvalue weighted by molar-refractivity contribution is 4.82. The third kappa shape index (κ3) is 4.40. The Bertz CT molecular complexity index is 159. The Kier molecular flexibility index (Phi) is 4.85. The van der Waals surface area contributed by atoms with Gasteiger partial charge in [-0.2, -0.15) is 0 Å². The van der Waals surface area contributed by atoms with Gasteiger partial charge in [0.25, 0.3) is 0 Å². The lowest BCUT2D eigenvalue weighted by atomic mass is 10.2. The van der Waals surface area contributed by atoms with Gasteiger partial charge in [0.1, 0.15) is 0 Å². The van der Waals surface area contributed by atoms with E-state index in [0.29, 0.717) is 24.4 Å². The second-order valence-electron chi connectivity index (χ2n) is 4.53. The first-order valence-electron chi connectivity index (χ1n) is 5.58. The van der Waals surface area contributed by atoms with Gasteiger partial charge in [0.2, 0.25) is 0 Å². The van der Waals surface area contributed by atoms with Crippen LogP contribution in [0.3, 0.4) is 0 Å². The van der Waals surface area contributed by atoms with E-state index >= 15 is 0 Å².